The van der Waals surface area contributed by atoms with E-state index in [1.165, 1.54) is 16.7 Å². The number of fused-ring (bicyclic) bond motifs is 1. The molecule has 0 bridgehead atoms. The van der Waals surface area contributed by atoms with Gasteiger partial charge in [0.25, 0.3) is 5.56 Å². The summed E-state index contributed by atoms with van der Waals surface area (Å²) in [7, 11) is 0. The smallest absolute Gasteiger partial charge is 0.344 e. The molecule has 0 atom stereocenters. The zero-order valence-corrected chi connectivity index (χ0v) is 14.7. The molecule has 0 aliphatic heterocycles. The summed E-state index contributed by atoms with van der Waals surface area (Å²) in [4.78, 5) is 33.1. The number of esters is 1. The predicted octanol–water partition coefficient (Wildman–Crippen LogP) is 3.24. The number of carbonyl (C=O) groups excluding carboxylic acids is 1. The standard InChI is InChI=1S/C21H15N3O4/c25-19-13-15(23-18-10-4-5-12-24(18)19)14-27-21(26)17-9-6-11-22-20(17)28-16-7-2-1-3-8-16/h1-13H,14H2. The molecule has 0 aliphatic carbocycles. The normalized spacial score (nSPS) is 10.6. The summed E-state index contributed by atoms with van der Waals surface area (Å²) in [6.45, 7) is -0.140. The molecule has 0 saturated heterocycles. The molecule has 3 heterocycles. The van der Waals surface area contributed by atoms with Crippen LogP contribution in [0.15, 0.2) is 83.9 Å². The minimum atomic E-state index is -0.617. The van der Waals surface area contributed by atoms with Crippen LogP contribution in [-0.4, -0.2) is 20.3 Å². The monoisotopic (exact) mass is 373 g/mol. The Morgan fingerprint density at radius 2 is 1.82 bits per heavy atom. The minimum absolute atomic E-state index is 0.140. The topological polar surface area (TPSA) is 82.8 Å². The molecule has 4 rings (SSSR count). The molecule has 0 aliphatic rings. The second-order valence-corrected chi connectivity index (χ2v) is 5.86. The van der Waals surface area contributed by atoms with Crippen molar-refractivity contribution in [3.05, 3.63) is 101 Å². The third-order valence-corrected chi connectivity index (χ3v) is 3.92. The lowest BCUT2D eigenvalue weighted by molar-refractivity contribution is 0.0464. The van der Waals surface area contributed by atoms with Gasteiger partial charge in [0.1, 0.15) is 23.6 Å². The van der Waals surface area contributed by atoms with Gasteiger partial charge in [-0.15, -0.1) is 0 Å². The molecule has 0 amide bonds. The molecule has 3 aromatic heterocycles. The lowest BCUT2D eigenvalue weighted by Gasteiger charge is -2.10. The molecular weight excluding hydrogens is 358 g/mol. The summed E-state index contributed by atoms with van der Waals surface area (Å²) >= 11 is 0. The summed E-state index contributed by atoms with van der Waals surface area (Å²) in [5, 5.41) is 0. The van der Waals surface area contributed by atoms with Gasteiger partial charge in [0.15, 0.2) is 0 Å². The maximum Gasteiger partial charge on any atom is 0.344 e. The Kier molecular flexibility index (Phi) is 4.79. The van der Waals surface area contributed by atoms with Crippen molar-refractivity contribution < 1.29 is 14.3 Å². The molecule has 1 aromatic carbocycles. The summed E-state index contributed by atoms with van der Waals surface area (Å²) < 4.78 is 12.4. The maximum absolute atomic E-state index is 12.5. The number of aromatic nitrogens is 3. The Hall–Kier alpha value is -4.00. The van der Waals surface area contributed by atoms with Crippen molar-refractivity contribution >= 4 is 11.6 Å². The fourth-order valence-electron chi connectivity index (χ4n) is 2.62. The molecule has 0 N–H and O–H groups in total. The molecule has 7 heteroatoms. The average Bonchev–Trinajstić information content (AvgIpc) is 2.73. The van der Waals surface area contributed by atoms with Crippen molar-refractivity contribution in [1.29, 1.82) is 0 Å². The van der Waals surface area contributed by atoms with Gasteiger partial charge in [0, 0.05) is 18.5 Å². The quantitative estimate of drug-likeness (QED) is 0.500. The van der Waals surface area contributed by atoms with Crippen LogP contribution in [0.1, 0.15) is 16.1 Å². The van der Waals surface area contributed by atoms with Crippen LogP contribution in [0.3, 0.4) is 0 Å². The molecule has 7 nitrogen and oxygen atoms in total. The van der Waals surface area contributed by atoms with E-state index < -0.39 is 5.97 Å². The second kappa shape index (κ2) is 7.71. The van der Waals surface area contributed by atoms with E-state index in [2.05, 4.69) is 9.97 Å². The van der Waals surface area contributed by atoms with Gasteiger partial charge >= 0.3 is 5.97 Å². The van der Waals surface area contributed by atoms with Crippen molar-refractivity contribution in [1.82, 2.24) is 14.4 Å². The molecule has 0 spiro atoms. The van der Waals surface area contributed by atoms with Crippen molar-refractivity contribution in [2.24, 2.45) is 0 Å². The SMILES string of the molecule is O=C(OCc1cc(=O)n2ccccc2n1)c1cccnc1Oc1ccccc1. The van der Waals surface area contributed by atoms with Gasteiger partial charge in [0.05, 0.1) is 5.69 Å². The van der Waals surface area contributed by atoms with Crippen LogP contribution in [-0.2, 0) is 11.3 Å². The molecule has 28 heavy (non-hydrogen) atoms. The molecule has 138 valence electrons. The lowest BCUT2D eigenvalue weighted by atomic mass is 10.2. The molecule has 0 saturated carbocycles. The summed E-state index contributed by atoms with van der Waals surface area (Å²) in [6.07, 6.45) is 3.16. The third kappa shape index (κ3) is 3.73. The number of benzene rings is 1. The first-order valence-electron chi connectivity index (χ1n) is 8.53. The van der Waals surface area contributed by atoms with Gasteiger partial charge < -0.3 is 9.47 Å². The first-order chi connectivity index (χ1) is 13.7. The number of carbonyl (C=O) groups is 1. The van der Waals surface area contributed by atoms with Crippen LogP contribution < -0.4 is 10.3 Å². The van der Waals surface area contributed by atoms with Gasteiger partial charge in [-0.3, -0.25) is 9.20 Å². The Bertz CT molecular complexity index is 1190. The van der Waals surface area contributed by atoms with Gasteiger partial charge in [-0.05, 0) is 36.4 Å². The number of pyridine rings is 2. The van der Waals surface area contributed by atoms with E-state index in [4.69, 9.17) is 9.47 Å². The van der Waals surface area contributed by atoms with Crippen LogP contribution in [0.4, 0.5) is 0 Å². The zero-order valence-electron chi connectivity index (χ0n) is 14.7. The van der Waals surface area contributed by atoms with Crippen LogP contribution in [0.2, 0.25) is 0 Å². The number of hydrogen-bond acceptors (Lipinski definition) is 6. The summed E-state index contributed by atoms with van der Waals surface area (Å²) in [5.41, 5.74) is 0.782. The number of rotatable bonds is 5. The van der Waals surface area contributed by atoms with Gasteiger partial charge in [-0.1, -0.05) is 24.3 Å². The third-order valence-electron chi connectivity index (χ3n) is 3.92. The van der Waals surface area contributed by atoms with Crippen LogP contribution in [0.25, 0.3) is 5.65 Å². The lowest BCUT2D eigenvalue weighted by Crippen LogP contribution is -2.16. The molecule has 0 unspecified atom stereocenters. The highest BCUT2D eigenvalue weighted by molar-refractivity contribution is 5.91. The maximum atomic E-state index is 12.5. The Morgan fingerprint density at radius 1 is 1.00 bits per heavy atom. The molecular formula is C21H15N3O4. The van der Waals surface area contributed by atoms with Gasteiger partial charge in [-0.2, -0.15) is 0 Å². The first kappa shape index (κ1) is 17.4. The van der Waals surface area contributed by atoms with Gasteiger partial charge in [-0.25, -0.2) is 14.8 Å². The fraction of sp³-hybridized carbons (Fsp3) is 0.0476. The predicted molar refractivity (Wildman–Crippen MR) is 101 cm³/mol. The van der Waals surface area contributed by atoms with Gasteiger partial charge in [0.2, 0.25) is 5.88 Å². The minimum Gasteiger partial charge on any atom is -0.455 e. The highest BCUT2D eigenvalue weighted by atomic mass is 16.5. The number of hydrogen-bond donors (Lipinski definition) is 0. The van der Waals surface area contributed by atoms with E-state index in [1.54, 1.807) is 48.7 Å². The van der Waals surface area contributed by atoms with Crippen LogP contribution in [0.5, 0.6) is 11.6 Å². The zero-order chi connectivity index (χ0) is 19.3. The van der Waals surface area contributed by atoms with E-state index in [-0.39, 0.29) is 23.6 Å². The average molecular weight is 373 g/mol. The molecule has 0 fully saturated rings. The van der Waals surface area contributed by atoms with E-state index in [0.717, 1.165) is 0 Å². The van der Waals surface area contributed by atoms with Crippen molar-refractivity contribution in [3.8, 4) is 11.6 Å². The number of nitrogens with zero attached hydrogens (tertiary/aromatic N) is 3. The second-order valence-electron chi connectivity index (χ2n) is 5.86. The van der Waals surface area contributed by atoms with E-state index in [9.17, 15) is 9.59 Å². The highest BCUT2D eigenvalue weighted by Gasteiger charge is 2.16. The van der Waals surface area contributed by atoms with E-state index in [0.29, 0.717) is 17.1 Å². The van der Waals surface area contributed by atoms with Crippen LogP contribution >= 0.6 is 0 Å². The Balaban J connectivity index is 1.52. The number of ether oxygens (including phenoxy) is 2. The number of para-hydroxylation sites is 1. The summed E-state index contributed by atoms with van der Waals surface area (Å²) in [6, 6.07) is 18.8. The Morgan fingerprint density at radius 3 is 2.68 bits per heavy atom. The molecule has 4 aromatic rings. The first-order valence-corrected chi connectivity index (χ1v) is 8.53. The molecule has 0 radical (unpaired) electrons. The van der Waals surface area contributed by atoms with E-state index in [1.807, 2.05) is 18.2 Å². The fourth-order valence-corrected chi connectivity index (χ4v) is 2.62. The van der Waals surface area contributed by atoms with Crippen LogP contribution in [0, 0.1) is 0 Å². The van der Waals surface area contributed by atoms with E-state index >= 15 is 0 Å². The van der Waals surface area contributed by atoms with Crippen molar-refractivity contribution in [2.75, 3.05) is 0 Å². The largest absolute Gasteiger partial charge is 0.455 e. The van der Waals surface area contributed by atoms with Crippen molar-refractivity contribution in [3.63, 3.8) is 0 Å². The highest BCUT2D eigenvalue weighted by Crippen LogP contribution is 2.23. The summed E-state index contributed by atoms with van der Waals surface area (Å²) in [5.74, 6) is 0.0822. The van der Waals surface area contributed by atoms with Crippen molar-refractivity contribution in [2.45, 2.75) is 6.61 Å². The Labute approximate surface area is 159 Å².